The number of pyridine rings is 1. The third-order valence-corrected chi connectivity index (χ3v) is 6.42. The van der Waals surface area contributed by atoms with Crippen LogP contribution in [0.15, 0.2) is 27.6 Å². The van der Waals surface area contributed by atoms with E-state index in [0.29, 0.717) is 5.69 Å². The Balaban J connectivity index is 1.73. The highest BCUT2D eigenvalue weighted by Crippen LogP contribution is 2.24. The predicted molar refractivity (Wildman–Crippen MR) is 91.8 cm³/mol. The molecule has 1 saturated heterocycles. The molecule has 0 aromatic carbocycles. The van der Waals surface area contributed by atoms with E-state index in [2.05, 4.69) is 10.1 Å². The molecule has 27 heavy (non-hydrogen) atoms. The van der Waals surface area contributed by atoms with E-state index in [1.165, 1.54) is 34.3 Å². The zero-order chi connectivity index (χ0) is 19.8. The molecule has 144 valence electrons. The molecule has 0 radical (unpaired) electrons. The van der Waals surface area contributed by atoms with Gasteiger partial charge in [-0.05, 0) is 26.0 Å². The number of amides is 1. The Morgan fingerprint density at radius 1 is 1.11 bits per heavy atom. The number of hydrogen-bond donors (Lipinski definition) is 1. The minimum absolute atomic E-state index is 0.0110. The molecule has 0 aliphatic carbocycles. The van der Waals surface area contributed by atoms with Crippen molar-refractivity contribution in [3.63, 3.8) is 0 Å². The van der Waals surface area contributed by atoms with E-state index in [9.17, 15) is 18.0 Å². The molecule has 1 N–H and O–H groups in total. The fourth-order valence-corrected chi connectivity index (χ4v) is 4.65. The molecule has 1 amide bonds. The molecule has 1 aliphatic heterocycles. The van der Waals surface area contributed by atoms with E-state index < -0.39 is 21.9 Å². The Bertz CT molecular complexity index is 973. The smallest absolute Gasteiger partial charge is 0.354 e. The lowest BCUT2D eigenvalue weighted by molar-refractivity contribution is 0.0683. The summed E-state index contributed by atoms with van der Waals surface area (Å²) in [5, 5.41) is 12.7. The highest BCUT2D eigenvalue weighted by Gasteiger charge is 2.34. The van der Waals surface area contributed by atoms with E-state index in [-0.39, 0.29) is 48.2 Å². The zero-order valence-electron chi connectivity index (χ0n) is 14.7. The maximum atomic E-state index is 12.8. The molecule has 11 heteroatoms. The summed E-state index contributed by atoms with van der Waals surface area (Å²) in [4.78, 5) is 28.9. The largest absolute Gasteiger partial charge is 0.477 e. The summed E-state index contributed by atoms with van der Waals surface area (Å²) < 4.78 is 31.8. The Morgan fingerprint density at radius 3 is 2.30 bits per heavy atom. The zero-order valence-corrected chi connectivity index (χ0v) is 15.6. The van der Waals surface area contributed by atoms with Gasteiger partial charge in [-0.25, -0.2) is 18.2 Å². The molecule has 0 spiro atoms. The van der Waals surface area contributed by atoms with Crippen LogP contribution in [0.1, 0.15) is 32.4 Å². The van der Waals surface area contributed by atoms with Gasteiger partial charge in [0, 0.05) is 26.2 Å². The Labute approximate surface area is 155 Å². The van der Waals surface area contributed by atoms with Crippen molar-refractivity contribution in [3.8, 4) is 0 Å². The van der Waals surface area contributed by atoms with Crippen LogP contribution in [0.2, 0.25) is 0 Å². The van der Waals surface area contributed by atoms with Crippen molar-refractivity contribution in [2.75, 3.05) is 26.2 Å². The lowest BCUT2D eigenvalue weighted by Crippen LogP contribution is -2.50. The topological polar surface area (TPSA) is 134 Å². The number of aryl methyl sites for hydroxylation is 2. The second kappa shape index (κ2) is 7.08. The number of hydrogen-bond acceptors (Lipinski definition) is 7. The number of aromatic carboxylic acids is 1. The summed E-state index contributed by atoms with van der Waals surface area (Å²) >= 11 is 0. The lowest BCUT2D eigenvalue weighted by atomic mass is 10.2. The number of carbonyl (C=O) groups is 2. The molecule has 10 nitrogen and oxygen atoms in total. The summed E-state index contributed by atoms with van der Waals surface area (Å²) in [7, 11) is -3.77. The van der Waals surface area contributed by atoms with Gasteiger partial charge in [0.15, 0.2) is 5.76 Å². The average molecular weight is 394 g/mol. The quantitative estimate of drug-likeness (QED) is 0.794. The van der Waals surface area contributed by atoms with Crippen molar-refractivity contribution >= 4 is 21.9 Å². The minimum atomic E-state index is -3.77. The second-order valence-corrected chi connectivity index (χ2v) is 7.94. The van der Waals surface area contributed by atoms with Crippen molar-refractivity contribution in [1.82, 2.24) is 19.3 Å². The van der Waals surface area contributed by atoms with Gasteiger partial charge >= 0.3 is 5.97 Å². The fraction of sp³-hybridized carbons (Fsp3) is 0.375. The maximum Gasteiger partial charge on any atom is 0.354 e. The summed E-state index contributed by atoms with van der Waals surface area (Å²) in [6.45, 7) is 3.65. The lowest BCUT2D eigenvalue weighted by Gasteiger charge is -2.33. The van der Waals surface area contributed by atoms with Gasteiger partial charge in [0.25, 0.3) is 5.91 Å². The third-order valence-electron chi connectivity index (χ3n) is 4.28. The molecule has 2 aromatic heterocycles. The van der Waals surface area contributed by atoms with Crippen LogP contribution in [-0.4, -0.2) is 70.9 Å². The Kier molecular flexibility index (Phi) is 4.98. The first-order valence-electron chi connectivity index (χ1n) is 8.14. The van der Waals surface area contributed by atoms with Gasteiger partial charge in [-0.15, -0.1) is 0 Å². The Morgan fingerprint density at radius 2 is 1.74 bits per heavy atom. The van der Waals surface area contributed by atoms with Crippen molar-refractivity contribution in [3.05, 3.63) is 41.0 Å². The summed E-state index contributed by atoms with van der Waals surface area (Å²) in [5.74, 6) is -1.44. The summed E-state index contributed by atoms with van der Waals surface area (Å²) in [6.07, 6.45) is 0. The molecule has 0 unspecified atom stereocenters. The van der Waals surface area contributed by atoms with Crippen LogP contribution < -0.4 is 0 Å². The van der Waals surface area contributed by atoms with Crippen molar-refractivity contribution in [1.29, 1.82) is 0 Å². The van der Waals surface area contributed by atoms with Gasteiger partial charge in [0.1, 0.15) is 22.0 Å². The van der Waals surface area contributed by atoms with E-state index >= 15 is 0 Å². The number of sulfonamides is 1. The normalized spacial score (nSPS) is 15.7. The second-order valence-electron chi connectivity index (χ2n) is 6.06. The number of piperazine rings is 1. The van der Waals surface area contributed by atoms with Crippen molar-refractivity contribution in [2.24, 2.45) is 0 Å². The fourth-order valence-electron chi connectivity index (χ4n) is 2.94. The monoisotopic (exact) mass is 394 g/mol. The van der Waals surface area contributed by atoms with Gasteiger partial charge in [-0.3, -0.25) is 4.79 Å². The number of aromatic nitrogens is 2. The summed E-state index contributed by atoms with van der Waals surface area (Å²) in [5.41, 5.74) is 0.0816. The van der Waals surface area contributed by atoms with Crippen LogP contribution in [0.4, 0.5) is 0 Å². The summed E-state index contributed by atoms with van der Waals surface area (Å²) in [6, 6.07) is 4.18. The van der Waals surface area contributed by atoms with Gasteiger partial charge in [-0.1, -0.05) is 11.2 Å². The van der Waals surface area contributed by atoms with Gasteiger partial charge in [0.2, 0.25) is 10.0 Å². The van der Waals surface area contributed by atoms with Crippen LogP contribution in [0.5, 0.6) is 0 Å². The van der Waals surface area contributed by atoms with E-state index in [4.69, 9.17) is 9.63 Å². The molecular weight excluding hydrogens is 376 g/mol. The van der Waals surface area contributed by atoms with Gasteiger partial charge in [0.05, 0.1) is 0 Å². The van der Waals surface area contributed by atoms with Crippen LogP contribution in [0, 0.1) is 13.8 Å². The van der Waals surface area contributed by atoms with E-state index in [0.717, 1.165) is 0 Å². The molecule has 0 saturated carbocycles. The third kappa shape index (κ3) is 3.55. The molecular formula is C16H18N4O6S. The highest BCUT2D eigenvalue weighted by molar-refractivity contribution is 7.89. The van der Waals surface area contributed by atoms with E-state index in [1.807, 2.05) is 0 Å². The van der Waals surface area contributed by atoms with Crippen LogP contribution in [0.3, 0.4) is 0 Å². The molecule has 1 fully saturated rings. The van der Waals surface area contributed by atoms with Crippen LogP contribution >= 0.6 is 0 Å². The number of nitrogens with zero attached hydrogens (tertiary/aromatic N) is 4. The van der Waals surface area contributed by atoms with Gasteiger partial charge in [-0.2, -0.15) is 4.31 Å². The molecule has 0 bridgehead atoms. The number of rotatable bonds is 4. The van der Waals surface area contributed by atoms with Gasteiger partial charge < -0.3 is 14.5 Å². The first-order chi connectivity index (χ1) is 12.7. The number of carbonyl (C=O) groups excluding carboxylic acids is 1. The first-order valence-corrected chi connectivity index (χ1v) is 9.58. The van der Waals surface area contributed by atoms with Crippen LogP contribution in [-0.2, 0) is 10.0 Å². The average Bonchev–Trinajstić information content (AvgIpc) is 3.00. The first kappa shape index (κ1) is 19.0. The van der Waals surface area contributed by atoms with Crippen molar-refractivity contribution in [2.45, 2.75) is 18.7 Å². The standard InChI is InChI=1S/C16H18N4O6S/c1-10-14(11(2)26-18-10)27(24,25)20-8-6-19(7-9-20)15(21)12-4-3-5-13(17-12)16(22)23/h3-5H,6-9H2,1-2H3,(H,22,23). The predicted octanol–water partition coefficient (Wildman–Crippen LogP) is 0.531. The Hall–Kier alpha value is -2.79. The number of carboxylic acids is 1. The molecule has 0 atom stereocenters. The number of carboxylic acid groups (broad SMARTS) is 1. The SMILES string of the molecule is Cc1noc(C)c1S(=O)(=O)N1CCN(C(=O)c2cccc(C(=O)O)n2)CC1. The molecule has 3 rings (SSSR count). The molecule has 1 aliphatic rings. The highest BCUT2D eigenvalue weighted by atomic mass is 32.2. The molecule has 3 heterocycles. The van der Waals surface area contributed by atoms with E-state index in [1.54, 1.807) is 6.92 Å². The minimum Gasteiger partial charge on any atom is -0.477 e. The molecule has 2 aromatic rings. The van der Waals surface area contributed by atoms with Crippen LogP contribution in [0.25, 0.3) is 0 Å². The van der Waals surface area contributed by atoms with Crippen molar-refractivity contribution < 1.29 is 27.6 Å². The maximum absolute atomic E-state index is 12.8.